The molecule has 104 valence electrons. The normalized spacial score (nSPS) is 18.8. The Kier molecular flexibility index (Phi) is 3.73. The molecule has 1 atom stereocenters. The van der Waals surface area contributed by atoms with E-state index in [0.717, 1.165) is 12.1 Å². The molecule has 1 aromatic rings. The molecular formula is C13H18N2O3S. The summed E-state index contributed by atoms with van der Waals surface area (Å²) in [5.74, 6) is -0.135. The van der Waals surface area contributed by atoms with Gasteiger partial charge in [0.2, 0.25) is 0 Å². The van der Waals surface area contributed by atoms with Gasteiger partial charge >= 0.3 is 0 Å². The Labute approximate surface area is 116 Å². The van der Waals surface area contributed by atoms with Crippen molar-refractivity contribution in [2.45, 2.75) is 39.7 Å². The molecule has 5 nitrogen and oxygen atoms in total. The molecule has 0 aliphatic heterocycles. The molecule has 1 amide bonds. The topological polar surface area (TPSA) is 68.3 Å². The van der Waals surface area contributed by atoms with Gasteiger partial charge < -0.3 is 4.74 Å². The van der Waals surface area contributed by atoms with Crippen molar-refractivity contribution in [3.05, 3.63) is 10.6 Å². The van der Waals surface area contributed by atoms with Crippen LogP contribution < -0.4 is 5.32 Å². The second-order valence-corrected chi connectivity index (χ2v) is 6.60. The van der Waals surface area contributed by atoms with Crippen LogP contribution >= 0.6 is 11.3 Å². The fourth-order valence-electron chi connectivity index (χ4n) is 2.09. The number of aromatic nitrogens is 1. The van der Waals surface area contributed by atoms with E-state index in [9.17, 15) is 9.59 Å². The highest BCUT2D eigenvalue weighted by Gasteiger charge is 2.34. The van der Waals surface area contributed by atoms with E-state index in [1.165, 1.54) is 18.4 Å². The number of carbonyl (C=O) groups excluding carboxylic acids is 2. The highest BCUT2D eigenvalue weighted by molar-refractivity contribution is 7.17. The van der Waals surface area contributed by atoms with Gasteiger partial charge in [-0.05, 0) is 18.8 Å². The maximum Gasteiger partial charge on any atom is 0.254 e. The largest absolute Gasteiger partial charge is 0.372 e. The number of ketones is 1. The molecule has 0 saturated heterocycles. The predicted molar refractivity (Wildman–Crippen MR) is 73.6 cm³/mol. The molecule has 6 heteroatoms. The van der Waals surface area contributed by atoms with Crippen molar-refractivity contribution in [3.8, 4) is 0 Å². The molecule has 0 bridgehead atoms. The van der Waals surface area contributed by atoms with Crippen LogP contribution in [0.4, 0.5) is 5.13 Å². The van der Waals surface area contributed by atoms with Gasteiger partial charge in [0.15, 0.2) is 10.9 Å². The Morgan fingerprint density at radius 3 is 2.79 bits per heavy atom. The van der Waals surface area contributed by atoms with Crippen molar-refractivity contribution in [3.63, 3.8) is 0 Å². The first-order valence-corrected chi connectivity index (χ1v) is 7.00. The van der Waals surface area contributed by atoms with Crippen molar-refractivity contribution in [2.24, 2.45) is 5.41 Å². The summed E-state index contributed by atoms with van der Waals surface area (Å²) >= 11 is 1.25. The summed E-state index contributed by atoms with van der Waals surface area (Å²) in [5, 5.41) is 3.17. The van der Waals surface area contributed by atoms with Gasteiger partial charge in [-0.15, -0.1) is 0 Å². The molecule has 19 heavy (non-hydrogen) atoms. The first-order valence-electron chi connectivity index (χ1n) is 6.19. The van der Waals surface area contributed by atoms with Crippen molar-refractivity contribution in [2.75, 3.05) is 12.4 Å². The quantitative estimate of drug-likeness (QED) is 0.923. The zero-order chi connectivity index (χ0) is 14.2. The van der Waals surface area contributed by atoms with Crippen LogP contribution in [0.3, 0.4) is 0 Å². The lowest BCUT2D eigenvalue weighted by molar-refractivity contribution is -0.124. The Bertz CT molecular complexity index is 522. The maximum atomic E-state index is 12.0. The Morgan fingerprint density at radius 1 is 1.47 bits per heavy atom. The smallest absolute Gasteiger partial charge is 0.254 e. The predicted octanol–water partition coefficient (Wildman–Crippen LogP) is 2.27. The number of hydrogen-bond acceptors (Lipinski definition) is 5. The van der Waals surface area contributed by atoms with E-state index in [1.54, 1.807) is 6.92 Å². The van der Waals surface area contributed by atoms with Crippen LogP contribution in [0.2, 0.25) is 0 Å². The zero-order valence-electron chi connectivity index (χ0n) is 11.6. The van der Waals surface area contributed by atoms with Crippen LogP contribution in [0.15, 0.2) is 0 Å². The summed E-state index contributed by atoms with van der Waals surface area (Å²) in [6.07, 6.45) is 0.762. The number of thiazole rings is 1. The van der Waals surface area contributed by atoms with E-state index in [2.05, 4.69) is 24.1 Å². The fourth-order valence-corrected chi connectivity index (χ4v) is 3.01. The molecule has 1 aromatic heterocycles. The second-order valence-electron chi connectivity index (χ2n) is 5.60. The summed E-state index contributed by atoms with van der Waals surface area (Å²) in [5.41, 5.74) is 0.742. The maximum absolute atomic E-state index is 12.0. The monoisotopic (exact) mass is 282 g/mol. The van der Waals surface area contributed by atoms with E-state index < -0.39 is 6.10 Å². The lowest BCUT2D eigenvalue weighted by atomic mass is 9.78. The minimum absolute atomic E-state index is 0.0563. The van der Waals surface area contributed by atoms with Crippen LogP contribution in [0.5, 0.6) is 0 Å². The number of carbonyl (C=O) groups is 2. The highest BCUT2D eigenvalue weighted by Crippen LogP contribution is 2.38. The number of hydrogen-bond donors (Lipinski definition) is 1. The van der Waals surface area contributed by atoms with Gasteiger partial charge in [-0.25, -0.2) is 4.98 Å². The van der Waals surface area contributed by atoms with Crippen molar-refractivity contribution in [1.29, 1.82) is 0 Å². The number of nitrogens with zero attached hydrogens (tertiary/aromatic N) is 1. The first-order chi connectivity index (χ1) is 8.82. The number of fused-ring (bicyclic) bond motifs is 1. The van der Waals surface area contributed by atoms with Crippen molar-refractivity contribution in [1.82, 2.24) is 4.98 Å². The molecular weight excluding hydrogens is 264 g/mol. The highest BCUT2D eigenvalue weighted by atomic mass is 32.1. The summed E-state index contributed by atoms with van der Waals surface area (Å²) in [7, 11) is 1.48. The molecule has 0 fully saturated rings. The third-order valence-electron chi connectivity index (χ3n) is 3.19. The van der Waals surface area contributed by atoms with Crippen LogP contribution in [0.1, 0.15) is 42.6 Å². The van der Waals surface area contributed by atoms with Crippen molar-refractivity contribution >= 4 is 28.2 Å². The molecule has 1 N–H and O–H groups in total. The molecule has 0 radical (unpaired) electrons. The van der Waals surface area contributed by atoms with Gasteiger partial charge in [-0.2, -0.15) is 0 Å². The number of nitrogens with one attached hydrogen (secondary N) is 1. The van der Waals surface area contributed by atoms with E-state index >= 15 is 0 Å². The van der Waals surface area contributed by atoms with Gasteiger partial charge in [-0.1, -0.05) is 25.2 Å². The molecule has 1 aliphatic carbocycles. The minimum Gasteiger partial charge on any atom is -0.372 e. The zero-order valence-corrected chi connectivity index (χ0v) is 12.4. The summed E-state index contributed by atoms with van der Waals surface area (Å²) in [6, 6.07) is 0. The lowest BCUT2D eigenvalue weighted by Gasteiger charge is -2.26. The van der Waals surface area contributed by atoms with E-state index in [0.29, 0.717) is 16.4 Å². The number of anilines is 1. The number of methoxy groups -OCH3 is 1. The van der Waals surface area contributed by atoms with Crippen LogP contribution in [0, 0.1) is 5.41 Å². The van der Waals surface area contributed by atoms with Gasteiger partial charge in [0.1, 0.15) is 6.10 Å². The summed E-state index contributed by atoms with van der Waals surface area (Å²) in [4.78, 5) is 28.8. The average Bonchev–Trinajstić information content (AvgIpc) is 2.68. The minimum atomic E-state index is -0.534. The van der Waals surface area contributed by atoms with Gasteiger partial charge in [0.05, 0.1) is 10.6 Å². The second kappa shape index (κ2) is 5.02. The first kappa shape index (κ1) is 14.1. The summed E-state index contributed by atoms with van der Waals surface area (Å²) < 4.78 is 4.94. The molecule has 1 aliphatic rings. The van der Waals surface area contributed by atoms with E-state index in [4.69, 9.17) is 4.74 Å². The molecule has 0 saturated carbocycles. The van der Waals surface area contributed by atoms with Gasteiger partial charge in [0.25, 0.3) is 5.91 Å². The van der Waals surface area contributed by atoms with E-state index in [-0.39, 0.29) is 17.1 Å². The third-order valence-corrected chi connectivity index (χ3v) is 4.24. The molecule has 0 spiro atoms. The number of amides is 1. The molecule has 0 aromatic carbocycles. The fraction of sp³-hybridized carbons (Fsp3) is 0.615. The molecule has 1 heterocycles. The standard InChI is InChI=1S/C13H18N2O3S/c1-7(18-4)11(17)15-12-14-8-5-13(2,3)6-9(16)10(8)19-12/h7H,5-6H2,1-4H3,(H,14,15,17). The molecule has 1 unspecified atom stereocenters. The van der Waals surface area contributed by atoms with Crippen LogP contribution in [0.25, 0.3) is 0 Å². The number of ether oxygens (including phenoxy) is 1. The Hall–Kier alpha value is -1.27. The number of Topliss-reactive ketones (excluding diaryl/α,β-unsaturated/α-hetero) is 1. The summed E-state index contributed by atoms with van der Waals surface area (Å²) in [6.45, 7) is 5.77. The average molecular weight is 282 g/mol. The Balaban J connectivity index is 2.19. The number of rotatable bonds is 3. The SMILES string of the molecule is COC(C)C(=O)Nc1nc2c(s1)C(=O)CC(C)(C)C2. The van der Waals surface area contributed by atoms with Crippen LogP contribution in [-0.4, -0.2) is 29.9 Å². The van der Waals surface area contributed by atoms with Crippen molar-refractivity contribution < 1.29 is 14.3 Å². The van der Waals surface area contributed by atoms with E-state index in [1.807, 2.05) is 0 Å². The Morgan fingerprint density at radius 2 is 2.16 bits per heavy atom. The molecule has 2 rings (SSSR count). The third kappa shape index (κ3) is 3.01. The lowest BCUT2D eigenvalue weighted by Crippen LogP contribution is -2.26. The van der Waals surface area contributed by atoms with Gasteiger partial charge in [0, 0.05) is 13.5 Å². The van der Waals surface area contributed by atoms with Crippen LogP contribution in [-0.2, 0) is 16.0 Å². The van der Waals surface area contributed by atoms with Gasteiger partial charge in [-0.3, -0.25) is 14.9 Å².